The number of hydrogen-bond donors (Lipinski definition) is 1. The highest BCUT2D eigenvalue weighted by Crippen LogP contribution is 2.24. The minimum absolute atomic E-state index is 0.0519. The van der Waals surface area contributed by atoms with Gasteiger partial charge in [0.15, 0.2) is 5.82 Å². The number of sulfonamides is 1. The highest BCUT2D eigenvalue weighted by molar-refractivity contribution is 7.89. The Kier molecular flexibility index (Phi) is 6.56. The van der Waals surface area contributed by atoms with Crippen molar-refractivity contribution in [3.63, 3.8) is 0 Å². The number of rotatable bonds is 7. The van der Waals surface area contributed by atoms with E-state index in [0.29, 0.717) is 11.4 Å². The molecule has 1 atom stereocenters. The van der Waals surface area contributed by atoms with Gasteiger partial charge in [-0.1, -0.05) is 32.0 Å². The van der Waals surface area contributed by atoms with Crippen LogP contribution in [0.25, 0.3) is 5.82 Å². The number of amides is 1. The summed E-state index contributed by atoms with van der Waals surface area (Å²) < 4.78 is 27.3. The Morgan fingerprint density at radius 2 is 1.74 bits per heavy atom. The Labute approximate surface area is 183 Å². The largest absolute Gasteiger partial charge is 0.345 e. The Morgan fingerprint density at radius 3 is 2.29 bits per heavy atom. The minimum atomic E-state index is -3.50. The fourth-order valence-corrected chi connectivity index (χ4v) is 4.15. The van der Waals surface area contributed by atoms with Gasteiger partial charge in [0.05, 0.1) is 28.4 Å². The molecule has 3 rings (SSSR count). The topological polar surface area (TPSA) is 97.2 Å². The summed E-state index contributed by atoms with van der Waals surface area (Å²) in [7, 11) is -0.516. The van der Waals surface area contributed by atoms with E-state index in [9.17, 15) is 13.2 Å². The van der Waals surface area contributed by atoms with E-state index >= 15 is 0 Å². The maximum atomic E-state index is 13.0. The molecule has 1 unspecified atom stereocenters. The number of hydrogen-bond acceptors (Lipinski definition) is 5. The van der Waals surface area contributed by atoms with Crippen molar-refractivity contribution < 1.29 is 13.2 Å². The first-order valence-corrected chi connectivity index (χ1v) is 11.4. The lowest BCUT2D eigenvalue weighted by Gasteiger charge is -2.17. The van der Waals surface area contributed by atoms with Crippen molar-refractivity contribution in [3.05, 3.63) is 71.7 Å². The van der Waals surface area contributed by atoms with Crippen LogP contribution in [0.3, 0.4) is 0 Å². The van der Waals surface area contributed by atoms with E-state index < -0.39 is 10.0 Å². The molecule has 9 heteroatoms. The van der Waals surface area contributed by atoms with Gasteiger partial charge in [-0.2, -0.15) is 5.10 Å². The van der Waals surface area contributed by atoms with Crippen molar-refractivity contribution in [2.45, 2.75) is 37.6 Å². The molecule has 0 spiro atoms. The van der Waals surface area contributed by atoms with Crippen molar-refractivity contribution in [3.8, 4) is 5.82 Å². The number of pyridine rings is 1. The van der Waals surface area contributed by atoms with E-state index in [0.717, 1.165) is 11.3 Å². The second-order valence-corrected chi connectivity index (χ2v) is 9.90. The lowest BCUT2D eigenvalue weighted by Crippen LogP contribution is -2.28. The fourth-order valence-electron chi connectivity index (χ4n) is 3.25. The monoisotopic (exact) mass is 441 g/mol. The quantitative estimate of drug-likeness (QED) is 0.608. The molecule has 2 heterocycles. The predicted octanol–water partition coefficient (Wildman–Crippen LogP) is 3.13. The van der Waals surface area contributed by atoms with Crippen LogP contribution in [0.5, 0.6) is 0 Å². The van der Waals surface area contributed by atoms with Gasteiger partial charge in [0.25, 0.3) is 5.91 Å². The third kappa shape index (κ3) is 4.67. The van der Waals surface area contributed by atoms with Crippen LogP contribution in [0, 0.1) is 0 Å². The van der Waals surface area contributed by atoms with Crippen LogP contribution in [-0.2, 0) is 10.0 Å². The van der Waals surface area contributed by atoms with Gasteiger partial charge in [-0.05, 0) is 42.7 Å². The van der Waals surface area contributed by atoms with Crippen molar-refractivity contribution in [1.29, 1.82) is 0 Å². The number of benzene rings is 1. The second kappa shape index (κ2) is 8.99. The van der Waals surface area contributed by atoms with Gasteiger partial charge in [-0.25, -0.2) is 22.4 Å². The van der Waals surface area contributed by atoms with Gasteiger partial charge in [0.2, 0.25) is 10.0 Å². The minimum Gasteiger partial charge on any atom is -0.345 e. The average molecular weight is 442 g/mol. The molecular weight excluding hydrogens is 414 g/mol. The fraction of sp³-hybridized carbons (Fsp3) is 0.318. The summed E-state index contributed by atoms with van der Waals surface area (Å²) in [4.78, 5) is 17.6. The summed E-state index contributed by atoms with van der Waals surface area (Å²) in [6.45, 7) is 5.85. The molecule has 31 heavy (non-hydrogen) atoms. The zero-order valence-electron chi connectivity index (χ0n) is 18.3. The van der Waals surface area contributed by atoms with Gasteiger partial charge in [-0.15, -0.1) is 0 Å². The number of nitrogens with one attached hydrogen (secondary N) is 1. The average Bonchev–Trinajstić information content (AvgIpc) is 3.20. The summed E-state index contributed by atoms with van der Waals surface area (Å²) in [6.07, 6.45) is 3.24. The van der Waals surface area contributed by atoms with Crippen molar-refractivity contribution >= 4 is 15.9 Å². The molecule has 0 bridgehead atoms. The first kappa shape index (κ1) is 22.6. The molecule has 1 aromatic carbocycles. The smallest absolute Gasteiger partial charge is 0.255 e. The van der Waals surface area contributed by atoms with Gasteiger partial charge in [0.1, 0.15) is 0 Å². The molecule has 0 aliphatic heterocycles. The highest BCUT2D eigenvalue weighted by Gasteiger charge is 2.23. The van der Waals surface area contributed by atoms with E-state index in [2.05, 4.69) is 15.4 Å². The van der Waals surface area contributed by atoms with Gasteiger partial charge in [-0.3, -0.25) is 4.79 Å². The number of nitrogens with zero attached hydrogens (tertiary/aromatic N) is 4. The zero-order chi connectivity index (χ0) is 22.8. The van der Waals surface area contributed by atoms with Crippen LogP contribution >= 0.6 is 0 Å². The highest BCUT2D eigenvalue weighted by atomic mass is 32.2. The first-order valence-electron chi connectivity index (χ1n) is 9.95. The molecule has 0 saturated carbocycles. The molecule has 0 saturated heterocycles. The molecule has 1 amide bonds. The zero-order valence-corrected chi connectivity index (χ0v) is 19.1. The molecule has 0 aliphatic rings. The van der Waals surface area contributed by atoms with E-state index in [1.54, 1.807) is 41.3 Å². The number of carbonyl (C=O) groups is 1. The summed E-state index contributed by atoms with van der Waals surface area (Å²) in [5.74, 6) is 0.454. The number of aromatic nitrogens is 3. The maximum Gasteiger partial charge on any atom is 0.255 e. The molecule has 164 valence electrons. The summed E-state index contributed by atoms with van der Waals surface area (Å²) >= 11 is 0. The Morgan fingerprint density at radius 1 is 1.06 bits per heavy atom. The van der Waals surface area contributed by atoms with E-state index in [1.165, 1.54) is 18.4 Å². The molecule has 0 fully saturated rings. The molecular formula is C22H27N5O3S. The van der Waals surface area contributed by atoms with Crippen LogP contribution in [0.1, 0.15) is 54.3 Å². The van der Waals surface area contributed by atoms with Crippen molar-refractivity contribution in [2.24, 2.45) is 0 Å². The summed E-state index contributed by atoms with van der Waals surface area (Å²) in [5, 5.41) is 7.37. The van der Waals surface area contributed by atoms with Crippen LogP contribution in [0.2, 0.25) is 0 Å². The molecule has 8 nitrogen and oxygen atoms in total. The SMILES string of the molecule is CC(C)c1c(C(=O)NC(C)c2ccc(S(=O)(=O)N(C)C)cc2)cnn1-c1ccccn1. The first-order chi connectivity index (χ1) is 14.6. The summed E-state index contributed by atoms with van der Waals surface area (Å²) in [5.41, 5.74) is 2.06. The van der Waals surface area contributed by atoms with Crippen molar-refractivity contribution in [1.82, 2.24) is 24.4 Å². The Balaban J connectivity index is 1.83. The lowest BCUT2D eigenvalue weighted by atomic mass is 10.0. The molecule has 2 aromatic heterocycles. The van der Waals surface area contributed by atoms with Crippen LogP contribution in [0.4, 0.5) is 0 Å². The van der Waals surface area contributed by atoms with Gasteiger partial charge in [0, 0.05) is 20.3 Å². The van der Waals surface area contributed by atoms with E-state index in [4.69, 9.17) is 0 Å². The molecule has 0 radical (unpaired) electrons. The molecule has 3 aromatic rings. The number of carbonyl (C=O) groups excluding carboxylic acids is 1. The van der Waals surface area contributed by atoms with Crippen LogP contribution in [0.15, 0.2) is 59.8 Å². The van der Waals surface area contributed by atoms with Gasteiger partial charge < -0.3 is 5.32 Å². The Hall–Kier alpha value is -3.04. The van der Waals surface area contributed by atoms with Crippen molar-refractivity contribution in [2.75, 3.05) is 14.1 Å². The maximum absolute atomic E-state index is 13.0. The van der Waals surface area contributed by atoms with Gasteiger partial charge >= 0.3 is 0 Å². The van der Waals surface area contributed by atoms with Crippen LogP contribution in [-0.4, -0.2) is 47.5 Å². The third-order valence-corrected chi connectivity index (χ3v) is 6.80. The van der Waals surface area contributed by atoms with E-state index in [1.807, 2.05) is 39.0 Å². The molecule has 1 N–H and O–H groups in total. The van der Waals surface area contributed by atoms with E-state index in [-0.39, 0.29) is 22.8 Å². The standard InChI is InChI=1S/C22H27N5O3S/c1-15(2)21-19(14-24-27(21)20-8-6-7-13-23-20)22(28)25-16(3)17-9-11-18(12-10-17)31(29,30)26(4)5/h6-16H,1-5H3,(H,25,28). The Bertz CT molecular complexity index is 1150. The third-order valence-electron chi connectivity index (χ3n) is 4.97. The normalized spacial score (nSPS) is 12.9. The second-order valence-electron chi connectivity index (χ2n) is 7.75. The summed E-state index contributed by atoms with van der Waals surface area (Å²) in [6, 6.07) is 11.7. The molecule has 0 aliphatic carbocycles. The predicted molar refractivity (Wildman–Crippen MR) is 119 cm³/mol. The lowest BCUT2D eigenvalue weighted by molar-refractivity contribution is 0.0938. The van der Waals surface area contributed by atoms with Crippen LogP contribution < -0.4 is 5.32 Å².